The maximum Gasteiger partial charge on any atom is 0.123 e. The van der Waals surface area contributed by atoms with Crippen LogP contribution in [0.25, 0.3) is 0 Å². The van der Waals surface area contributed by atoms with E-state index in [-0.39, 0.29) is 0 Å². The summed E-state index contributed by atoms with van der Waals surface area (Å²) in [4.78, 5) is 0. The first kappa shape index (κ1) is 14.0. The second-order valence-electron chi connectivity index (χ2n) is 4.47. The summed E-state index contributed by atoms with van der Waals surface area (Å²) in [7, 11) is 1.73. The second-order valence-corrected chi connectivity index (χ2v) is 4.47. The molecule has 1 N–H and O–H groups in total. The average Bonchev–Trinajstić information content (AvgIpc) is 2.37. The predicted octanol–water partition coefficient (Wildman–Crippen LogP) is 3.75. The quantitative estimate of drug-likeness (QED) is 0.741. The highest BCUT2D eigenvalue weighted by atomic mass is 16.5. The number of benzene rings is 1. The van der Waals surface area contributed by atoms with Gasteiger partial charge < -0.3 is 10.1 Å². The topological polar surface area (TPSA) is 21.3 Å². The number of hydrogen-bond acceptors (Lipinski definition) is 2. The zero-order valence-electron chi connectivity index (χ0n) is 11.3. The van der Waals surface area contributed by atoms with E-state index in [9.17, 15) is 0 Å². The summed E-state index contributed by atoms with van der Waals surface area (Å²) in [5.41, 5.74) is 1.24. The van der Waals surface area contributed by atoms with E-state index < -0.39 is 0 Å². The van der Waals surface area contributed by atoms with E-state index in [1.165, 1.54) is 31.2 Å². The van der Waals surface area contributed by atoms with Crippen LogP contribution in [0.4, 0.5) is 0 Å². The molecule has 2 nitrogen and oxygen atoms in total. The van der Waals surface area contributed by atoms with Crippen LogP contribution in [0.1, 0.15) is 45.1 Å². The van der Waals surface area contributed by atoms with Gasteiger partial charge in [0, 0.05) is 18.2 Å². The van der Waals surface area contributed by atoms with Gasteiger partial charge in [0.25, 0.3) is 0 Å². The summed E-state index contributed by atoms with van der Waals surface area (Å²) in [5, 5.41) is 3.63. The van der Waals surface area contributed by atoms with Crippen LogP contribution in [0, 0.1) is 0 Å². The molecule has 1 aromatic carbocycles. The zero-order valence-corrected chi connectivity index (χ0v) is 11.3. The first-order chi connectivity index (χ1) is 8.31. The van der Waals surface area contributed by atoms with E-state index >= 15 is 0 Å². The van der Waals surface area contributed by atoms with Crippen LogP contribution in [-0.2, 0) is 6.54 Å². The smallest absolute Gasteiger partial charge is 0.123 e. The molecular weight excluding hydrogens is 210 g/mol. The highest BCUT2D eigenvalue weighted by Crippen LogP contribution is 2.17. The molecule has 0 saturated carbocycles. The van der Waals surface area contributed by atoms with Gasteiger partial charge in [-0.15, -0.1) is 0 Å². The van der Waals surface area contributed by atoms with E-state index in [0.29, 0.717) is 6.04 Å². The fourth-order valence-corrected chi connectivity index (χ4v) is 2.15. The summed E-state index contributed by atoms with van der Waals surface area (Å²) < 4.78 is 5.36. The normalized spacial score (nSPS) is 10.8. The molecule has 0 bridgehead atoms. The van der Waals surface area contributed by atoms with Gasteiger partial charge in [-0.2, -0.15) is 0 Å². The van der Waals surface area contributed by atoms with Crippen molar-refractivity contribution in [1.82, 2.24) is 5.32 Å². The SMILES string of the molecule is CCCC(CCC)NCc1ccccc1OC. The summed E-state index contributed by atoms with van der Waals surface area (Å²) in [6, 6.07) is 8.85. The first-order valence-corrected chi connectivity index (χ1v) is 6.67. The van der Waals surface area contributed by atoms with Crippen molar-refractivity contribution in [2.24, 2.45) is 0 Å². The number of para-hydroxylation sites is 1. The van der Waals surface area contributed by atoms with E-state index in [0.717, 1.165) is 12.3 Å². The summed E-state index contributed by atoms with van der Waals surface area (Å²) >= 11 is 0. The Morgan fingerprint density at radius 1 is 1.12 bits per heavy atom. The molecule has 1 rings (SSSR count). The Balaban J connectivity index is 2.52. The molecule has 0 heterocycles. The van der Waals surface area contributed by atoms with Crippen molar-refractivity contribution in [2.45, 2.75) is 52.1 Å². The Morgan fingerprint density at radius 3 is 2.35 bits per heavy atom. The van der Waals surface area contributed by atoms with Gasteiger partial charge in [-0.1, -0.05) is 44.9 Å². The Morgan fingerprint density at radius 2 is 1.76 bits per heavy atom. The summed E-state index contributed by atoms with van der Waals surface area (Å²) in [6.07, 6.45) is 4.99. The average molecular weight is 235 g/mol. The molecule has 0 aliphatic carbocycles. The van der Waals surface area contributed by atoms with E-state index in [2.05, 4.69) is 31.3 Å². The zero-order chi connectivity index (χ0) is 12.5. The Hall–Kier alpha value is -1.02. The third-order valence-corrected chi connectivity index (χ3v) is 3.05. The van der Waals surface area contributed by atoms with Gasteiger partial charge in [0.2, 0.25) is 0 Å². The van der Waals surface area contributed by atoms with Gasteiger partial charge in [0.15, 0.2) is 0 Å². The molecular formula is C15H25NO. The lowest BCUT2D eigenvalue weighted by Gasteiger charge is -2.18. The minimum Gasteiger partial charge on any atom is -0.496 e. The molecule has 0 aliphatic rings. The van der Waals surface area contributed by atoms with Gasteiger partial charge in [0.1, 0.15) is 5.75 Å². The number of methoxy groups -OCH3 is 1. The summed E-state index contributed by atoms with van der Waals surface area (Å²) in [6.45, 7) is 5.38. The van der Waals surface area contributed by atoms with Gasteiger partial charge in [-0.25, -0.2) is 0 Å². The minimum absolute atomic E-state index is 0.634. The largest absolute Gasteiger partial charge is 0.496 e. The lowest BCUT2D eigenvalue weighted by molar-refractivity contribution is 0.399. The molecule has 0 spiro atoms. The fourth-order valence-electron chi connectivity index (χ4n) is 2.15. The van der Waals surface area contributed by atoms with Crippen molar-refractivity contribution in [3.8, 4) is 5.75 Å². The van der Waals surface area contributed by atoms with Crippen LogP contribution in [0.5, 0.6) is 5.75 Å². The Bertz CT molecular complexity index is 306. The van der Waals surface area contributed by atoms with E-state index in [1.807, 2.05) is 12.1 Å². The predicted molar refractivity (Wildman–Crippen MR) is 73.4 cm³/mol. The molecule has 2 heteroatoms. The van der Waals surface area contributed by atoms with Crippen LogP contribution in [-0.4, -0.2) is 13.2 Å². The van der Waals surface area contributed by atoms with Crippen molar-refractivity contribution in [2.75, 3.05) is 7.11 Å². The maximum atomic E-state index is 5.36. The molecule has 0 radical (unpaired) electrons. The highest BCUT2D eigenvalue weighted by Gasteiger charge is 2.07. The monoisotopic (exact) mass is 235 g/mol. The standard InChI is InChI=1S/C15H25NO/c1-4-8-14(9-5-2)16-12-13-10-6-7-11-15(13)17-3/h6-7,10-11,14,16H,4-5,8-9,12H2,1-3H3. The lowest BCUT2D eigenvalue weighted by Crippen LogP contribution is -2.28. The molecule has 0 aliphatic heterocycles. The van der Waals surface area contributed by atoms with Crippen LogP contribution in [0.2, 0.25) is 0 Å². The van der Waals surface area contributed by atoms with E-state index in [4.69, 9.17) is 4.74 Å². The second kappa shape index (κ2) is 8.13. The van der Waals surface area contributed by atoms with Crippen molar-refractivity contribution in [3.05, 3.63) is 29.8 Å². The highest BCUT2D eigenvalue weighted by molar-refractivity contribution is 5.32. The van der Waals surface area contributed by atoms with Crippen LogP contribution < -0.4 is 10.1 Å². The molecule has 0 fully saturated rings. The number of ether oxygens (including phenoxy) is 1. The fraction of sp³-hybridized carbons (Fsp3) is 0.600. The number of rotatable bonds is 8. The van der Waals surface area contributed by atoms with Crippen molar-refractivity contribution in [1.29, 1.82) is 0 Å². The first-order valence-electron chi connectivity index (χ1n) is 6.67. The third-order valence-electron chi connectivity index (χ3n) is 3.05. The summed E-state index contributed by atoms with van der Waals surface area (Å²) in [5.74, 6) is 0.978. The van der Waals surface area contributed by atoms with Crippen molar-refractivity contribution >= 4 is 0 Å². The van der Waals surface area contributed by atoms with Crippen molar-refractivity contribution < 1.29 is 4.74 Å². The van der Waals surface area contributed by atoms with Crippen molar-refractivity contribution in [3.63, 3.8) is 0 Å². The van der Waals surface area contributed by atoms with Crippen LogP contribution in [0.3, 0.4) is 0 Å². The molecule has 0 unspecified atom stereocenters. The molecule has 0 amide bonds. The lowest BCUT2D eigenvalue weighted by atomic mass is 10.1. The van der Waals surface area contributed by atoms with Crippen LogP contribution >= 0.6 is 0 Å². The maximum absolute atomic E-state index is 5.36. The third kappa shape index (κ3) is 4.78. The molecule has 17 heavy (non-hydrogen) atoms. The van der Waals surface area contributed by atoms with Gasteiger partial charge >= 0.3 is 0 Å². The minimum atomic E-state index is 0.634. The van der Waals surface area contributed by atoms with Crippen LogP contribution in [0.15, 0.2) is 24.3 Å². The number of hydrogen-bond donors (Lipinski definition) is 1. The molecule has 1 aromatic rings. The van der Waals surface area contributed by atoms with Gasteiger partial charge in [-0.05, 0) is 18.9 Å². The Kier molecular flexibility index (Phi) is 6.71. The van der Waals surface area contributed by atoms with E-state index in [1.54, 1.807) is 7.11 Å². The Labute approximate surface area is 105 Å². The molecule has 96 valence electrons. The molecule has 0 atom stereocenters. The number of nitrogens with one attached hydrogen (secondary N) is 1. The molecule has 0 aromatic heterocycles. The molecule has 0 saturated heterocycles. The van der Waals surface area contributed by atoms with Gasteiger partial charge in [-0.3, -0.25) is 0 Å². The van der Waals surface area contributed by atoms with Gasteiger partial charge in [0.05, 0.1) is 7.11 Å².